The number of aromatic nitrogens is 2. The summed E-state index contributed by atoms with van der Waals surface area (Å²) < 4.78 is 1.77. The van der Waals surface area contributed by atoms with Gasteiger partial charge in [-0.1, -0.05) is 15.9 Å². The van der Waals surface area contributed by atoms with Crippen molar-refractivity contribution in [3.8, 4) is 0 Å². The van der Waals surface area contributed by atoms with Crippen LogP contribution in [0, 0.1) is 0 Å². The fourth-order valence-corrected chi connectivity index (χ4v) is 1.52. The van der Waals surface area contributed by atoms with Gasteiger partial charge in [0, 0.05) is 17.1 Å². The van der Waals surface area contributed by atoms with Gasteiger partial charge in [-0.3, -0.25) is 4.68 Å². The summed E-state index contributed by atoms with van der Waals surface area (Å²) >= 11 is 3.12. The van der Waals surface area contributed by atoms with E-state index in [1.54, 1.807) is 17.1 Å². The van der Waals surface area contributed by atoms with E-state index in [9.17, 15) is 10.2 Å². The first kappa shape index (κ1) is 12.7. The first-order valence-electron chi connectivity index (χ1n) is 4.83. The van der Waals surface area contributed by atoms with Crippen LogP contribution in [-0.4, -0.2) is 31.4 Å². The third-order valence-corrected chi connectivity index (χ3v) is 2.82. The number of rotatable bonds is 3. The van der Waals surface area contributed by atoms with E-state index in [2.05, 4.69) is 21.0 Å². The van der Waals surface area contributed by atoms with Gasteiger partial charge in [-0.2, -0.15) is 5.10 Å². The lowest BCUT2D eigenvalue weighted by Crippen LogP contribution is -2.22. The quantitative estimate of drug-likeness (QED) is 0.822. The third kappa shape index (κ3) is 3.03. The second kappa shape index (κ2) is 4.63. The summed E-state index contributed by atoms with van der Waals surface area (Å²) in [7, 11) is 0. The Morgan fingerprint density at radius 1 is 1.47 bits per heavy atom. The van der Waals surface area contributed by atoms with Gasteiger partial charge in [-0.15, -0.1) is 0 Å². The molecule has 15 heavy (non-hydrogen) atoms. The molecule has 1 rings (SSSR count). The molecule has 0 aromatic carbocycles. The van der Waals surface area contributed by atoms with Crippen molar-refractivity contribution in [2.75, 3.05) is 5.33 Å². The maximum absolute atomic E-state index is 9.73. The maximum atomic E-state index is 9.73. The highest BCUT2D eigenvalue weighted by molar-refractivity contribution is 9.09. The molecule has 0 aliphatic heterocycles. The third-order valence-electron chi connectivity index (χ3n) is 2.15. The Bertz CT molecular complexity index is 319. The lowest BCUT2D eigenvalue weighted by Gasteiger charge is -2.19. The van der Waals surface area contributed by atoms with Crippen molar-refractivity contribution in [3.63, 3.8) is 0 Å². The molecule has 1 aromatic rings. The van der Waals surface area contributed by atoms with Gasteiger partial charge in [0.25, 0.3) is 0 Å². The molecule has 2 N–H and O–H groups in total. The zero-order chi connectivity index (χ0) is 11.6. The molecule has 0 radical (unpaired) electrons. The molecule has 86 valence electrons. The Balaban J connectivity index is 2.85. The van der Waals surface area contributed by atoms with Gasteiger partial charge >= 0.3 is 0 Å². The first-order chi connectivity index (χ1) is 6.86. The Labute approximate surface area is 98.0 Å². The number of halogens is 1. The van der Waals surface area contributed by atoms with Crippen molar-refractivity contribution in [1.29, 1.82) is 0 Å². The summed E-state index contributed by atoms with van der Waals surface area (Å²) in [5, 5.41) is 23.7. The molecule has 0 saturated heterocycles. The van der Waals surface area contributed by atoms with Crippen molar-refractivity contribution < 1.29 is 10.2 Å². The number of alkyl halides is 1. The minimum absolute atomic E-state index is 0.114. The number of aliphatic hydroxyl groups is 2. The predicted octanol–water partition coefficient (Wildman–Crippen LogP) is 1.43. The van der Waals surface area contributed by atoms with Crippen LogP contribution in [0.3, 0.4) is 0 Å². The Morgan fingerprint density at radius 2 is 2.07 bits per heavy atom. The molecule has 1 heterocycles. The van der Waals surface area contributed by atoms with Crippen molar-refractivity contribution in [2.45, 2.75) is 38.5 Å². The number of hydrogen-bond donors (Lipinski definition) is 2. The van der Waals surface area contributed by atoms with Crippen LogP contribution in [0.2, 0.25) is 0 Å². The Hall–Kier alpha value is -0.390. The average Bonchev–Trinajstić information content (AvgIpc) is 2.63. The highest BCUT2D eigenvalue weighted by Crippen LogP contribution is 2.20. The standard InChI is InChI=1S/C10H17BrN2O2/c1-10(2,3)13-6-7(5-12-13)9(15)8(14)4-11/h5-6,8-9,14-15H,4H2,1-3H3. The second-order valence-electron chi connectivity index (χ2n) is 4.56. The van der Waals surface area contributed by atoms with Crippen LogP contribution >= 0.6 is 15.9 Å². The van der Waals surface area contributed by atoms with Gasteiger partial charge < -0.3 is 10.2 Å². The average molecular weight is 277 g/mol. The summed E-state index contributed by atoms with van der Waals surface area (Å²) in [4.78, 5) is 0. The lowest BCUT2D eigenvalue weighted by molar-refractivity contribution is 0.0341. The van der Waals surface area contributed by atoms with Crippen LogP contribution in [0.5, 0.6) is 0 Å². The van der Waals surface area contributed by atoms with Crippen LogP contribution in [0.1, 0.15) is 32.4 Å². The molecule has 0 amide bonds. The maximum Gasteiger partial charge on any atom is 0.109 e. The summed E-state index contributed by atoms with van der Waals surface area (Å²) in [6, 6.07) is 0. The van der Waals surface area contributed by atoms with E-state index < -0.39 is 12.2 Å². The van der Waals surface area contributed by atoms with Crippen molar-refractivity contribution in [3.05, 3.63) is 18.0 Å². The topological polar surface area (TPSA) is 58.3 Å². The minimum atomic E-state index is -0.888. The molecule has 0 spiro atoms. The van der Waals surface area contributed by atoms with Crippen LogP contribution in [0.25, 0.3) is 0 Å². The molecule has 0 aliphatic rings. The smallest absolute Gasteiger partial charge is 0.109 e. The highest BCUT2D eigenvalue weighted by atomic mass is 79.9. The molecule has 2 unspecified atom stereocenters. The zero-order valence-electron chi connectivity index (χ0n) is 9.18. The zero-order valence-corrected chi connectivity index (χ0v) is 10.8. The van der Waals surface area contributed by atoms with Crippen LogP contribution in [-0.2, 0) is 5.54 Å². The normalized spacial score (nSPS) is 16.4. The largest absolute Gasteiger partial charge is 0.389 e. The highest BCUT2D eigenvalue weighted by Gasteiger charge is 2.21. The van der Waals surface area contributed by atoms with Gasteiger partial charge in [0.1, 0.15) is 6.10 Å². The van der Waals surface area contributed by atoms with Crippen molar-refractivity contribution >= 4 is 15.9 Å². The van der Waals surface area contributed by atoms with Gasteiger partial charge in [-0.25, -0.2) is 0 Å². The van der Waals surface area contributed by atoms with E-state index in [1.165, 1.54) is 0 Å². The molecule has 4 nitrogen and oxygen atoms in total. The molecule has 0 saturated carbocycles. The second-order valence-corrected chi connectivity index (χ2v) is 5.20. The Morgan fingerprint density at radius 3 is 2.47 bits per heavy atom. The molecule has 5 heteroatoms. The SMILES string of the molecule is CC(C)(C)n1cc(C(O)C(O)CBr)cn1. The van der Waals surface area contributed by atoms with E-state index in [0.29, 0.717) is 10.9 Å². The monoisotopic (exact) mass is 276 g/mol. The van der Waals surface area contributed by atoms with Crippen molar-refractivity contribution in [1.82, 2.24) is 9.78 Å². The number of hydrogen-bond acceptors (Lipinski definition) is 3. The number of aliphatic hydroxyl groups excluding tert-OH is 2. The van der Waals surface area contributed by atoms with Gasteiger partial charge in [0.2, 0.25) is 0 Å². The molecule has 0 fully saturated rings. The van der Waals surface area contributed by atoms with E-state index in [4.69, 9.17) is 0 Å². The van der Waals surface area contributed by atoms with E-state index in [1.807, 2.05) is 20.8 Å². The van der Waals surface area contributed by atoms with E-state index in [-0.39, 0.29) is 5.54 Å². The summed E-state index contributed by atoms with van der Waals surface area (Å²) in [5.74, 6) is 0. The Kier molecular flexibility index (Phi) is 3.92. The van der Waals surface area contributed by atoms with Crippen molar-refractivity contribution in [2.24, 2.45) is 0 Å². The van der Waals surface area contributed by atoms with E-state index in [0.717, 1.165) is 0 Å². The fraction of sp³-hybridized carbons (Fsp3) is 0.700. The van der Waals surface area contributed by atoms with E-state index >= 15 is 0 Å². The number of nitrogens with zero attached hydrogens (tertiary/aromatic N) is 2. The lowest BCUT2D eigenvalue weighted by atomic mass is 10.1. The van der Waals surface area contributed by atoms with Gasteiger partial charge in [-0.05, 0) is 20.8 Å². The summed E-state index contributed by atoms with van der Waals surface area (Å²) in [6.45, 7) is 6.07. The van der Waals surface area contributed by atoms with Gasteiger partial charge in [0.05, 0.1) is 17.8 Å². The van der Waals surface area contributed by atoms with Gasteiger partial charge in [0.15, 0.2) is 0 Å². The first-order valence-corrected chi connectivity index (χ1v) is 5.95. The summed E-state index contributed by atoms with van der Waals surface area (Å²) in [5.41, 5.74) is 0.522. The summed E-state index contributed by atoms with van der Waals surface area (Å²) in [6.07, 6.45) is 1.65. The minimum Gasteiger partial charge on any atom is -0.389 e. The fourth-order valence-electron chi connectivity index (χ4n) is 1.16. The van der Waals surface area contributed by atoms with Crippen LogP contribution in [0.15, 0.2) is 12.4 Å². The molecular formula is C10H17BrN2O2. The molecule has 2 atom stereocenters. The molecule has 0 aliphatic carbocycles. The predicted molar refractivity (Wildman–Crippen MR) is 62.0 cm³/mol. The molecule has 1 aromatic heterocycles. The van der Waals surface area contributed by atoms with Crippen LogP contribution < -0.4 is 0 Å². The van der Waals surface area contributed by atoms with Crippen LogP contribution in [0.4, 0.5) is 0 Å². The molecular weight excluding hydrogens is 260 g/mol. The molecule has 0 bridgehead atoms.